The van der Waals surface area contributed by atoms with Crippen LogP contribution in [0.5, 0.6) is 0 Å². The average Bonchev–Trinajstić information content (AvgIpc) is 2.61. The zero-order valence-electron chi connectivity index (χ0n) is 7.66. The maximum absolute atomic E-state index is 5.29. The van der Waals surface area contributed by atoms with Crippen LogP contribution in [0.25, 0.3) is 0 Å². The van der Waals surface area contributed by atoms with E-state index in [-0.39, 0.29) is 0 Å². The van der Waals surface area contributed by atoms with Gasteiger partial charge in [0.05, 0.1) is 6.26 Å². The Hall–Kier alpha value is -1.50. The molecule has 13 heavy (non-hydrogen) atoms. The minimum atomic E-state index is 0.889. The summed E-state index contributed by atoms with van der Waals surface area (Å²) in [6, 6.07) is 12.3. The van der Waals surface area contributed by atoms with Crippen LogP contribution < -0.4 is 0 Å². The molecule has 2 rings (SSSR count). The molecule has 0 aliphatic carbocycles. The highest BCUT2D eigenvalue weighted by Gasteiger charge is 2.00. The number of hydrogen-bond acceptors (Lipinski definition) is 1. The average molecular weight is 172 g/mol. The van der Waals surface area contributed by atoms with Gasteiger partial charge in [0.25, 0.3) is 0 Å². The van der Waals surface area contributed by atoms with Crippen molar-refractivity contribution in [2.75, 3.05) is 0 Å². The van der Waals surface area contributed by atoms with Crippen LogP contribution in [-0.2, 0) is 6.42 Å². The van der Waals surface area contributed by atoms with Crippen LogP contribution in [0.15, 0.2) is 47.1 Å². The summed E-state index contributed by atoms with van der Waals surface area (Å²) < 4.78 is 5.29. The van der Waals surface area contributed by atoms with Gasteiger partial charge in [-0.25, -0.2) is 0 Å². The molecule has 1 heteroatoms. The van der Waals surface area contributed by atoms with E-state index in [1.165, 1.54) is 11.1 Å². The Labute approximate surface area is 78.0 Å². The fourth-order valence-corrected chi connectivity index (χ4v) is 1.41. The fourth-order valence-electron chi connectivity index (χ4n) is 1.41. The van der Waals surface area contributed by atoms with Crippen LogP contribution in [-0.4, -0.2) is 0 Å². The summed E-state index contributed by atoms with van der Waals surface area (Å²) in [4.78, 5) is 0. The molecular weight excluding hydrogens is 160 g/mol. The Balaban J connectivity index is 2.24. The van der Waals surface area contributed by atoms with E-state index in [2.05, 4.69) is 31.2 Å². The van der Waals surface area contributed by atoms with Gasteiger partial charge in [-0.3, -0.25) is 0 Å². The minimum absolute atomic E-state index is 0.889. The number of rotatable bonds is 2. The maximum atomic E-state index is 5.29. The first-order chi connectivity index (χ1) is 6.36. The molecule has 0 unspecified atom stereocenters. The van der Waals surface area contributed by atoms with Crippen molar-refractivity contribution >= 4 is 0 Å². The highest BCUT2D eigenvalue weighted by molar-refractivity contribution is 5.28. The number of benzene rings is 1. The molecule has 1 nitrogen and oxygen atoms in total. The number of hydrogen-bond donors (Lipinski definition) is 0. The van der Waals surface area contributed by atoms with Crippen molar-refractivity contribution in [1.29, 1.82) is 0 Å². The lowest BCUT2D eigenvalue weighted by Crippen LogP contribution is -1.88. The molecule has 0 spiro atoms. The molecule has 0 aliphatic rings. The Morgan fingerprint density at radius 1 is 1.08 bits per heavy atom. The van der Waals surface area contributed by atoms with Gasteiger partial charge in [-0.15, -0.1) is 0 Å². The third-order valence-corrected chi connectivity index (χ3v) is 2.21. The predicted molar refractivity (Wildman–Crippen MR) is 52.7 cm³/mol. The van der Waals surface area contributed by atoms with E-state index in [0.29, 0.717) is 0 Å². The van der Waals surface area contributed by atoms with Gasteiger partial charge in [0.2, 0.25) is 0 Å². The predicted octanol–water partition coefficient (Wildman–Crippen LogP) is 3.18. The van der Waals surface area contributed by atoms with Crippen LogP contribution in [0.2, 0.25) is 0 Å². The highest BCUT2D eigenvalue weighted by atomic mass is 16.3. The van der Waals surface area contributed by atoms with E-state index < -0.39 is 0 Å². The molecule has 0 N–H and O–H groups in total. The number of furan rings is 1. The van der Waals surface area contributed by atoms with Crippen molar-refractivity contribution in [3.8, 4) is 0 Å². The first-order valence-electron chi connectivity index (χ1n) is 4.43. The topological polar surface area (TPSA) is 13.1 Å². The third-order valence-electron chi connectivity index (χ3n) is 2.21. The standard InChI is InChI=1S/C12H12O/c1-10-5-2-3-6-11(10)9-12-7-4-8-13-12/h2-8H,9H2,1H3. The lowest BCUT2D eigenvalue weighted by atomic mass is 10.1. The molecule has 2 aromatic rings. The second-order valence-corrected chi connectivity index (χ2v) is 3.18. The first kappa shape index (κ1) is 8.11. The van der Waals surface area contributed by atoms with Crippen molar-refractivity contribution in [3.05, 3.63) is 59.5 Å². The summed E-state index contributed by atoms with van der Waals surface area (Å²) in [5, 5.41) is 0. The van der Waals surface area contributed by atoms with Crippen molar-refractivity contribution in [1.82, 2.24) is 0 Å². The molecule has 1 aromatic carbocycles. The molecule has 0 bridgehead atoms. The van der Waals surface area contributed by atoms with Gasteiger partial charge in [0.1, 0.15) is 5.76 Å². The quantitative estimate of drug-likeness (QED) is 0.678. The molecule has 0 fully saturated rings. The third kappa shape index (κ3) is 1.81. The van der Waals surface area contributed by atoms with Gasteiger partial charge in [0, 0.05) is 6.42 Å². The van der Waals surface area contributed by atoms with Crippen molar-refractivity contribution < 1.29 is 4.42 Å². The van der Waals surface area contributed by atoms with Gasteiger partial charge < -0.3 is 4.42 Å². The van der Waals surface area contributed by atoms with Crippen molar-refractivity contribution in [2.45, 2.75) is 13.3 Å². The summed E-state index contributed by atoms with van der Waals surface area (Å²) >= 11 is 0. The molecule has 66 valence electrons. The molecule has 0 atom stereocenters. The molecule has 1 heterocycles. The van der Waals surface area contributed by atoms with Crippen molar-refractivity contribution in [2.24, 2.45) is 0 Å². The second-order valence-electron chi connectivity index (χ2n) is 3.18. The van der Waals surface area contributed by atoms with Gasteiger partial charge in [0.15, 0.2) is 0 Å². The van der Waals surface area contributed by atoms with E-state index in [9.17, 15) is 0 Å². The summed E-state index contributed by atoms with van der Waals surface area (Å²) in [5.41, 5.74) is 2.65. The van der Waals surface area contributed by atoms with Gasteiger partial charge in [-0.2, -0.15) is 0 Å². The van der Waals surface area contributed by atoms with Gasteiger partial charge in [-0.05, 0) is 30.2 Å². The Morgan fingerprint density at radius 3 is 2.62 bits per heavy atom. The van der Waals surface area contributed by atoms with E-state index in [1.54, 1.807) is 6.26 Å². The summed E-state index contributed by atoms with van der Waals surface area (Å²) in [6.07, 6.45) is 2.60. The van der Waals surface area contributed by atoms with Crippen LogP contribution in [0.3, 0.4) is 0 Å². The number of aryl methyl sites for hydroxylation is 1. The summed E-state index contributed by atoms with van der Waals surface area (Å²) in [7, 11) is 0. The van der Waals surface area contributed by atoms with E-state index in [1.807, 2.05) is 12.1 Å². The van der Waals surface area contributed by atoms with Crippen LogP contribution in [0, 0.1) is 6.92 Å². The monoisotopic (exact) mass is 172 g/mol. The van der Waals surface area contributed by atoms with Crippen LogP contribution >= 0.6 is 0 Å². The molecule has 0 saturated carbocycles. The zero-order valence-corrected chi connectivity index (χ0v) is 7.66. The molecule has 0 amide bonds. The molecule has 1 aromatic heterocycles. The molecule has 0 saturated heterocycles. The zero-order chi connectivity index (χ0) is 9.10. The molecule has 0 aliphatic heterocycles. The smallest absolute Gasteiger partial charge is 0.108 e. The summed E-state index contributed by atoms with van der Waals surface area (Å²) in [5.74, 6) is 1.02. The van der Waals surface area contributed by atoms with Crippen molar-refractivity contribution in [3.63, 3.8) is 0 Å². The van der Waals surface area contributed by atoms with E-state index in [4.69, 9.17) is 4.42 Å². The first-order valence-corrected chi connectivity index (χ1v) is 4.43. The normalized spacial score (nSPS) is 10.2. The Morgan fingerprint density at radius 2 is 1.92 bits per heavy atom. The van der Waals surface area contributed by atoms with Gasteiger partial charge in [-0.1, -0.05) is 24.3 Å². The van der Waals surface area contributed by atoms with E-state index >= 15 is 0 Å². The molecular formula is C12H12O. The van der Waals surface area contributed by atoms with Crippen LogP contribution in [0.4, 0.5) is 0 Å². The largest absolute Gasteiger partial charge is 0.469 e. The maximum Gasteiger partial charge on any atom is 0.108 e. The lowest BCUT2D eigenvalue weighted by molar-refractivity contribution is 0.520. The molecule has 0 radical (unpaired) electrons. The van der Waals surface area contributed by atoms with E-state index in [0.717, 1.165) is 12.2 Å². The van der Waals surface area contributed by atoms with Crippen LogP contribution in [0.1, 0.15) is 16.9 Å². The Kier molecular flexibility index (Phi) is 2.17. The fraction of sp³-hybridized carbons (Fsp3) is 0.167. The highest BCUT2D eigenvalue weighted by Crippen LogP contribution is 2.13. The van der Waals surface area contributed by atoms with Gasteiger partial charge >= 0.3 is 0 Å². The lowest BCUT2D eigenvalue weighted by Gasteiger charge is -2.01. The SMILES string of the molecule is Cc1ccccc1Cc1ccco1. The minimum Gasteiger partial charge on any atom is -0.469 e. The summed E-state index contributed by atoms with van der Waals surface area (Å²) in [6.45, 7) is 2.12. The second kappa shape index (κ2) is 3.48. The Bertz CT molecular complexity index is 374.